The molecule has 0 bridgehead atoms. The summed E-state index contributed by atoms with van der Waals surface area (Å²) >= 11 is 0. The molecule has 0 spiro atoms. The molecule has 2 N–H and O–H groups in total. The normalized spacial score (nSPS) is 16.2. The van der Waals surface area contributed by atoms with Crippen molar-refractivity contribution in [2.45, 2.75) is 45.1 Å². The topological polar surface area (TPSA) is 113 Å². The molecule has 8 heteroatoms. The van der Waals surface area contributed by atoms with Crippen LogP contribution in [0.4, 0.5) is 0 Å². The number of carbonyl (C=O) groups excluding carboxylic acids is 1. The Balaban J connectivity index is 1.74. The number of carbonyl (C=O) groups is 1. The lowest BCUT2D eigenvalue weighted by atomic mass is 9.98. The first-order chi connectivity index (χ1) is 14.9. The van der Waals surface area contributed by atoms with Gasteiger partial charge in [-0.1, -0.05) is 25.0 Å². The molecule has 1 aliphatic carbocycles. The lowest BCUT2D eigenvalue weighted by Crippen LogP contribution is -2.49. The highest BCUT2D eigenvalue weighted by Crippen LogP contribution is 2.30. The zero-order valence-electron chi connectivity index (χ0n) is 18.1. The van der Waals surface area contributed by atoms with Gasteiger partial charge in [0.2, 0.25) is 11.8 Å². The van der Waals surface area contributed by atoms with Crippen molar-refractivity contribution in [3.05, 3.63) is 47.8 Å². The van der Waals surface area contributed by atoms with E-state index in [1.165, 1.54) is 17.1 Å². The maximum absolute atomic E-state index is 12.6. The maximum atomic E-state index is 12.6. The second kappa shape index (κ2) is 9.58. The van der Waals surface area contributed by atoms with E-state index in [-0.39, 0.29) is 17.3 Å². The number of amides is 1. The van der Waals surface area contributed by atoms with Crippen molar-refractivity contribution >= 4 is 11.7 Å². The van der Waals surface area contributed by atoms with Gasteiger partial charge in [-0.2, -0.15) is 15.0 Å². The fourth-order valence-corrected chi connectivity index (χ4v) is 3.78. The predicted molar refractivity (Wildman–Crippen MR) is 118 cm³/mol. The van der Waals surface area contributed by atoms with Crippen LogP contribution in [0.1, 0.15) is 45.1 Å². The monoisotopic (exact) mass is 421 g/mol. The van der Waals surface area contributed by atoms with Gasteiger partial charge >= 0.3 is 0 Å². The number of rotatable bonds is 6. The Morgan fingerprint density at radius 1 is 1.35 bits per heavy atom. The van der Waals surface area contributed by atoms with Gasteiger partial charge in [-0.15, -0.1) is 0 Å². The van der Waals surface area contributed by atoms with E-state index in [0.717, 1.165) is 31.2 Å². The third kappa shape index (κ3) is 5.01. The number of nitriles is 1. The minimum atomic E-state index is -0.310. The molecule has 162 valence electrons. The molecular formula is C23H27N5O3. The Morgan fingerprint density at radius 3 is 2.65 bits per heavy atom. The largest absolute Gasteiger partial charge is 0.493 e. The zero-order valence-corrected chi connectivity index (χ0v) is 18.1. The molecule has 0 atom stereocenters. The standard InChI is InChI=1S/C23H27N5O3/c1-16(21(29)27-23(15-31-3)10-4-5-11-23)13-25-17(2)28-22(30)20(14-26-28)19-8-6-18(12-24)7-9-19/h6-9,13-14,30H,4-5,10-11,15H2,1-3H3,(H,27,29)/b16-13+,25-17+. The third-order valence-corrected chi connectivity index (χ3v) is 5.54. The van der Waals surface area contributed by atoms with Gasteiger partial charge in [-0.25, -0.2) is 4.99 Å². The average molecular weight is 422 g/mol. The lowest BCUT2D eigenvalue weighted by molar-refractivity contribution is -0.120. The third-order valence-electron chi connectivity index (χ3n) is 5.54. The average Bonchev–Trinajstić information content (AvgIpc) is 3.38. The van der Waals surface area contributed by atoms with Crippen LogP contribution < -0.4 is 5.32 Å². The summed E-state index contributed by atoms with van der Waals surface area (Å²) in [5, 5.41) is 26.8. The highest BCUT2D eigenvalue weighted by atomic mass is 16.5. The molecule has 31 heavy (non-hydrogen) atoms. The second-order valence-corrected chi connectivity index (χ2v) is 7.85. The van der Waals surface area contributed by atoms with Crippen molar-refractivity contribution in [2.24, 2.45) is 4.99 Å². The molecule has 1 aliphatic rings. The second-order valence-electron chi connectivity index (χ2n) is 7.85. The molecule has 1 aromatic heterocycles. The Bertz CT molecular complexity index is 1040. The van der Waals surface area contributed by atoms with E-state index in [1.807, 2.05) is 0 Å². The summed E-state index contributed by atoms with van der Waals surface area (Å²) in [5.74, 6) is 0.168. The molecule has 0 radical (unpaired) electrons. The van der Waals surface area contributed by atoms with E-state index in [4.69, 9.17) is 10.00 Å². The van der Waals surface area contributed by atoms with Gasteiger partial charge < -0.3 is 15.2 Å². The summed E-state index contributed by atoms with van der Waals surface area (Å²) in [6.45, 7) is 3.89. The van der Waals surface area contributed by atoms with Gasteiger partial charge in [0, 0.05) is 18.9 Å². The van der Waals surface area contributed by atoms with E-state index in [0.29, 0.717) is 29.1 Å². The number of nitrogens with zero attached hydrogens (tertiary/aromatic N) is 4. The van der Waals surface area contributed by atoms with Gasteiger partial charge in [-0.05, 0) is 44.4 Å². The minimum Gasteiger partial charge on any atom is -0.493 e. The fourth-order valence-electron chi connectivity index (χ4n) is 3.78. The summed E-state index contributed by atoms with van der Waals surface area (Å²) in [4.78, 5) is 17.0. The molecule has 0 aliphatic heterocycles. The zero-order chi connectivity index (χ0) is 22.4. The fraction of sp³-hybridized carbons (Fsp3) is 0.391. The molecular weight excluding hydrogens is 394 g/mol. The smallest absolute Gasteiger partial charge is 0.248 e. The van der Waals surface area contributed by atoms with E-state index in [9.17, 15) is 9.90 Å². The van der Waals surface area contributed by atoms with Gasteiger partial charge in [0.05, 0.1) is 35.5 Å². The van der Waals surface area contributed by atoms with Crippen molar-refractivity contribution in [3.8, 4) is 23.1 Å². The van der Waals surface area contributed by atoms with Crippen LogP contribution >= 0.6 is 0 Å². The number of hydrogen-bond acceptors (Lipinski definition) is 6. The van der Waals surface area contributed by atoms with Crippen molar-refractivity contribution in [1.29, 1.82) is 5.26 Å². The summed E-state index contributed by atoms with van der Waals surface area (Å²) in [6.07, 6.45) is 6.97. The van der Waals surface area contributed by atoms with E-state index in [1.54, 1.807) is 45.2 Å². The molecule has 1 saturated carbocycles. The number of nitrogens with one attached hydrogen (secondary N) is 1. The number of ether oxygens (including phenoxy) is 1. The first-order valence-corrected chi connectivity index (χ1v) is 10.2. The first-order valence-electron chi connectivity index (χ1n) is 10.2. The van der Waals surface area contributed by atoms with Crippen LogP contribution in [0.15, 0.2) is 47.2 Å². The number of hydrogen-bond donors (Lipinski definition) is 2. The summed E-state index contributed by atoms with van der Waals surface area (Å²) in [7, 11) is 1.64. The predicted octanol–water partition coefficient (Wildman–Crippen LogP) is 3.37. The van der Waals surface area contributed by atoms with Crippen LogP contribution in [0.3, 0.4) is 0 Å². The lowest BCUT2D eigenvalue weighted by Gasteiger charge is -2.29. The Morgan fingerprint density at radius 2 is 2.03 bits per heavy atom. The van der Waals surface area contributed by atoms with E-state index in [2.05, 4.69) is 21.5 Å². The maximum Gasteiger partial charge on any atom is 0.248 e. The molecule has 1 fully saturated rings. The molecule has 1 heterocycles. The molecule has 0 saturated heterocycles. The molecule has 1 aromatic carbocycles. The van der Waals surface area contributed by atoms with Crippen molar-refractivity contribution < 1.29 is 14.6 Å². The van der Waals surface area contributed by atoms with Crippen LogP contribution in [-0.2, 0) is 9.53 Å². The van der Waals surface area contributed by atoms with Gasteiger partial charge in [0.25, 0.3) is 0 Å². The van der Waals surface area contributed by atoms with Gasteiger partial charge in [0.1, 0.15) is 5.84 Å². The van der Waals surface area contributed by atoms with Crippen LogP contribution in [0.2, 0.25) is 0 Å². The summed E-state index contributed by atoms with van der Waals surface area (Å²) in [6, 6.07) is 8.92. The van der Waals surface area contributed by atoms with E-state index < -0.39 is 0 Å². The molecule has 8 nitrogen and oxygen atoms in total. The Kier molecular flexibility index (Phi) is 6.88. The van der Waals surface area contributed by atoms with E-state index >= 15 is 0 Å². The number of benzene rings is 1. The minimum absolute atomic E-state index is 0.0635. The molecule has 1 amide bonds. The first kappa shape index (κ1) is 22.2. The van der Waals surface area contributed by atoms with Crippen molar-refractivity contribution in [2.75, 3.05) is 13.7 Å². The summed E-state index contributed by atoms with van der Waals surface area (Å²) in [5.41, 5.74) is 1.95. The highest BCUT2D eigenvalue weighted by molar-refractivity contribution is 5.94. The van der Waals surface area contributed by atoms with Gasteiger partial charge in [0.15, 0.2) is 0 Å². The Labute approximate surface area is 181 Å². The van der Waals surface area contributed by atoms with Crippen molar-refractivity contribution in [1.82, 2.24) is 15.1 Å². The number of aliphatic imine (C=N–C) groups is 1. The molecule has 0 unspecified atom stereocenters. The van der Waals surface area contributed by atoms with Crippen LogP contribution in [-0.4, -0.2) is 45.9 Å². The Hall–Kier alpha value is -3.44. The van der Waals surface area contributed by atoms with Crippen LogP contribution in [0.25, 0.3) is 11.1 Å². The molecule has 3 rings (SSSR count). The number of methoxy groups -OCH3 is 1. The van der Waals surface area contributed by atoms with Crippen LogP contribution in [0, 0.1) is 11.3 Å². The summed E-state index contributed by atoms with van der Waals surface area (Å²) < 4.78 is 6.62. The van der Waals surface area contributed by atoms with Crippen LogP contribution in [0.5, 0.6) is 5.88 Å². The van der Waals surface area contributed by atoms with Crippen molar-refractivity contribution in [3.63, 3.8) is 0 Å². The molecule has 2 aromatic rings. The SMILES string of the molecule is COCC1(NC(=O)/C(C)=C/N=C(\C)n2ncc(-c3ccc(C#N)cc3)c2O)CCCC1. The number of aromatic hydroxyl groups is 1. The van der Waals surface area contributed by atoms with Gasteiger partial charge in [-0.3, -0.25) is 4.79 Å². The highest BCUT2D eigenvalue weighted by Gasteiger charge is 2.35. The quantitative estimate of drug-likeness (QED) is 0.422. The number of aromatic nitrogens is 2.